The van der Waals surface area contributed by atoms with Gasteiger partial charge < -0.3 is 9.84 Å². The monoisotopic (exact) mass is 499 g/mol. The van der Waals surface area contributed by atoms with Gasteiger partial charge in [-0.1, -0.05) is 35.4 Å². The van der Waals surface area contributed by atoms with Crippen molar-refractivity contribution in [1.82, 2.24) is 25.1 Å². The minimum atomic E-state index is -4.06. The summed E-state index contributed by atoms with van der Waals surface area (Å²) < 4.78 is 34.1. The number of tetrazole rings is 1. The summed E-state index contributed by atoms with van der Waals surface area (Å²) >= 11 is 0. The number of ether oxygens (including phenoxy) is 1. The zero-order valence-electron chi connectivity index (χ0n) is 20.2. The fourth-order valence-corrected chi connectivity index (χ4v) is 5.69. The molecule has 0 radical (unpaired) electrons. The Morgan fingerprint density at radius 3 is 2.57 bits per heavy atom. The summed E-state index contributed by atoms with van der Waals surface area (Å²) in [5, 5.41) is 20.8. The Labute approximate surface area is 204 Å². The van der Waals surface area contributed by atoms with E-state index in [1.807, 2.05) is 13.0 Å². The Morgan fingerprint density at radius 1 is 1.20 bits per heavy atom. The lowest BCUT2D eigenvalue weighted by molar-refractivity contribution is 0.0162. The van der Waals surface area contributed by atoms with Crippen LogP contribution >= 0.6 is 0 Å². The fraction of sp³-hybridized carbons (Fsp3) is 0.417. The average Bonchev–Trinajstić information content (AvgIpc) is 3.29. The first-order valence-corrected chi connectivity index (χ1v) is 12.9. The number of aliphatic hydroxyl groups excluding tert-OH is 1. The second kappa shape index (κ2) is 9.38. The number of hydrogen-bond acceptors (Lipinski definition) is 8. The number of carbonyl (C=O) groups is 1. The molecule has 11 heteroatoms. The SMILES string of the molecule is Cc1cc2c(cc1CO)C(CS(=O)(=O)c1nnnn1-c1ccccc1)N(C(=O)OC(C)(C)C)CC2. The summed E-state index contributed by atoms with van der Waals surface area (Å²) in [5.41, 5.74) is 2.93. The Hall–Kier alpha value is -3.31. The molecule has 2 aromatic carbocycles. The van der Waals surface area contributed by atoms with Gasteiger partial charge in [-0.15, -0.1) is 0 Å². The van der Waals surface area contributed by atoms with Crippen LogP contribution in [-0.2, 0) is 27.6 Å². The number of sulfone groups is 1. The standard InChI is InChI=1S/C24H29N5O5S/c1-16-12-17-10-11-28(23(31)34-24(2,3)4)21(20(17)13-18(16)14-30)15-35(32,33)22-25-26-27-29(22)19-8-6-5-7-9-19/h5-9,12-13,21,30H,10-11,14-15H2,1-4H3. The molecule has 1 atom stereocenters. The predicted octanol–water partition coefficient (Wildman–Crippen LogP) is 2.77. The number of aryl methyl sites for hydroxylation is 1. The predicted molar refractivity (Wildman–Crippen MR) is 128 cm³/mol. The number of rotatable bonds is 5. The van der Waals surface area contributed by atoms with Crippen molar-refractivity contribution in [2.24, 2.45) is 0 Å². The third-order valence-corrected chi connectivity index (χ3v) is 7.42. The fourth-order valence-electron chi connectivity index (χ4n) is 4.20. The average molecular weight is 500 g/mol. The van der Waals surface area contributed by atoms with Gasteiger partial charge in [0.25, 0.3) is 5.16 Å². The number of aromatic nitrogens is 4. The maximum Gasteiger partial charge on any atom is 0.410 e. The third kappa shape index (κ3) is 5.20. The summed E-state index contributed by atoms with van der Waals surface area (Å²) in [5.74, 6) is -0.444. The van der Waals surface area contributed by atoms with E-state index in [9.17, 15) is 18.3 Å². The van der Waals surface area contributed by atoms with Crippen molar-refractivity contribution < 1.29 is 23.1 Å². The van der Waals surface area contributed by atoms with Crippen molar-refractivity contribution in [3.05, 3.63) is 64.7 Å². The second-order valence-corrected chi connectivity index (χ2v) is 11.5. The number of amides is 1. The normalized spacial score (nSPS) is 16.1. The molecular weight excluding hydrogens is 470 g/mol. The second-order valence-electron chi connectivity index (χ2n) is 9.57. The molecule has 35 heavy (non-hydrogen) atoms. The van der Waals surface area contributed by atoms with E-state index in [2.05, 4.69) is 15.5 Å². The van der Waals surface area contributed by atoms with Crippen molar-refractivity contribution in [3.63, 3.8) is 0 Å². The lowest BCUT2D eigenvalue weighted by Gasteiger charge is -2.38. The molecule has 1 aliphatic heterocycles. The van der Waals surface area contributed by atoms with Gasteiger partial charge in [0.15, 0.2) is 0 Å². The van der Waals surface area contributed by atoms with Gasteiger partial charge >= 0.3 is 6.09 Å². The van der Waals surface area contributed by atoms with Gasteiger partial charge in [0.2, 0.25) is 9.84 Å². The number of hydrogen-bond donors (Lipinski definition) is 1. The van der Waals surface area contributed by atoms with Gasteiger partial charge in [0, 0.05) is 6.54 Å². The van der Waals surface area contributed by atoms with Crippen LogP contribution in [0, 0.1) is 6.92 Å². The summed E-state index contributed by atoms with van der Waals surface area (Å²) in [7, 11) is -4.06. The highest BCUT2D eigenvalue weighted by Gasteiger charge is 2.39. The van der Waals surface area contributed by atoms with E-state index in [1.165, 1.54) is 9.58 Å². The highest BCUT2D eigenvalue weighted by atomic mass is 32.2. The molecule has 0 fully saturated rings. The Morgan fingerprint density at radius 2 is 1.91 bits per heavy atom. The summed E-state index contributed by atoms with van der Waals surface area (Å²) in [6.07, 6.45) is -0.0588. The molecular formula is C24H29N5O5S. The van der Waals surface area contributed by atoms with Gasteiger partial charge in [-0.3, -0.25) is 4.90 Å². The molecule has 0 spiro atoms. The van der Waals surface area contributed by atoms with Crippen LogP contribution in [0.25, 0.3) is 5.69 Å². The van der Waals surface area contributed by atoms with Gasteiger partial charge in [-0.05, 0) is 78.9 Å². The van der Waals surface area contributed by atoms with Crippen LogP contribution in [0.3, 0.4) is 0 Å². The smallest absolute Gasteiger partial charge is 0.410 e. The zero-order chi connectivity index (χ0) is 25.4. The molecule has 1 unspecified atom stereocenters. The number of nitrogens with zero attached hydrogens (tertiary/aromatic N) is 5. The van der Waals surface area contributed by atoms with Crippen molar-refractivity contribution in [2.45, 2.75) is 57.5 Å². The van der Waals surface area contributed by atoms with E-state index in [0.717, 1.165) is 11.1 Å². The lowest BCUT2D eigenvalue weighted by Crippen LogP contribution is -2.45. The van der Waals surface area contributed by atoms with Crippen molar-refractivity contribution >= 4 is 15.9 Å². The molecule has 0 saturated carbocycles. The molecule has 0 bridgehead atoms. The maximum atomic E-state index is 13.6. The number of carbonyl (C=O) groups excluding carboxylic acids is 1. The third-order valence-electron chi connectivity index (χ3n) is 5.85. The Balaban J connectivity index is 1.77. The van der Waals surface area contributed by atoms with Crippen LogP contribution in [0.4, 0.5) is 4.79 Å². The summed E-state index contributed by atoms with van der Waals surface area (Å²) in [6.45, 7) is 7.27. The van der Waals surface area contributed by atoms with Gasteiger partial charge in [-0.2, -0.15) is 4.68 Å². The minimum Gasteiger partial charge on any atom is -0.444 e. The van der Waals surface area contributed by atoms with Crippen LogP contribution in [0.5, 0.6) is 0 Å². The van der Waals surface area contributed by atoms with Gasteiger partial charge in [0.1, 0.15) is 5.60 Å². The molecule has 2 heterocycles. The van der Waals surface area contributed by atoms with Crippen LogP contribution in [0.2, 0.25) is 0 Å². The van der Waals surface area contributed by atoms with Gasteiger partial charge in [-0.25, -0.2) is 13.2 Å². The van der Waals surface area contributed by atoms with Gasteiger partial charge in [0.05, 0.1) is 24.1 Å². The molecule has 10 nitrogen and oxygen atoms in total. The van der Waals surface area contributed by atoms with E-state index in [1.54, 1.807) is 57.2 Å². The lowest BCUT2D eigenvalue weighted by atomic mass is 9.90. The first kappa shape index (κ1) is 24.8. The Kier molecular flexibility index (Phi) is 6.65. The molecule has 0 saturated heterocycles. The molecule has 1 aliphatic rings. The topological polar surface area (TPSA) is 128 Å². The molecule has 1 amide bonds. The molecule has 0 aliphatic carbocycles. The molecule has 3 aromatic rings. The number of fused-ring (bicyclic) bond motifs is 1. The first-order chi connectivity index (χ1) is 16.5. The van der Waals surface area contributed by atoms with Crippen molar-refractivity contribution in [3.8, 4) is 5.69 Å². The van der Waals surface area contributed by atoms with E-state index < -0.39 is 33.3 Å². The summed E-state index contributed by atoms with van der Waals surface area (Å²) in [6, 6.07) is 11.6. The highest BCUT2D eigenvalue weighted by Crippen LogP contribution is 2.35. The van der Waals surface area contributed by atoms with Crippen LogP contribution in [-0.4, -0.2) is 62.6 Å². The van der Waals surface area contributed by atoms with E-state index in [0.29, 0.717) is 29.8 Å². The minimum absolute atomic E-state index is 0.197. The quantitative estimate of drug-likeness (QED) is 0.568. The van der Waals surface area contributed by atoms with Crippen LogP contribution in [0.15, 0.2) is 47.6 Å². The Bertz CT molecular complexity index is 1330. The number of benzene rings is 2. The molecule has 4 rings (SSSR count). The number of para-hydroxylation sites is 1. The van der Waals surface area contributed by atoms with Crippen molar-refractivity contribution in [1.29, 1.82) is 0 Å². The van der Waals surface area contributed by atoms with Crippen LogP contribution in [0.1, 0.15) is 49.1 Å². The van der Waals surface area contributed by atoms with Crippen molar-refractivity contribution in [2.75, 3.05) is 12.3 Å². The van der Waals surface area contributed by atoms with E-state index in [4.69, 9.17) is 4.74 Å². The summed E-state index contributed by atoms with van der Waals surface area (Å²) in [4.78, 5) is 14.6. The largest absolute Gasteiger partial charge is 0.444 e. The highest BCUT2D eigenvalue weighted by molar-refractivity contribution is 7.91. The molecule has 1 N–H and O–H groups in total. The van der Waals surface area contributed by atoms with E-state index >= 15 is 0 Å². The maximum absolute atomic E-state index is 13.6. The first-order valence-electron chi connectivity index (χ1n) is 11.3. The number of aliphatic hydroxyl groups is 1. The molecule has 186 valence electrons. The zero-order valence-corrected chi connectivity index (χ0v) is 21.0. The van der Waals surface area contributed by atoms with E-state index in [-0.39, 0.29) is 11.8 Å². The molecule has 1 aromatic heterocycles. The van der Waals surface area contributed by atoms with Crippen LogP contribution < -0.4 is 0 Å².